The Labute approximate surface area is 169 Å². The molecule has 0 atom stereocenters. The van der Waals surface area contributed by atoms with Crippen LogP contribution in [-0.2, 0) is 0 Å². The van der Waals surface area contributed by atoms with Gasteiger partial charge >= 0.3 is 0 Å². The molecule has 1 aromatic heterocycles. The summed E-state index contributed by atoms with van der Waals surface area (Å²) in [4.78, 5) is 3.62. The number of benzene rings is 5. The molecule has 0 aliphatic carbocycles. The molecule has 1 N–H and O–H groups in total. The number of aromatic amines is 1. The lowest BCUT2D eigenvalue weighted by molar-refractivity contribution is 1.55. The molecule has 0 saturated carbocycles. The van der Waals surface area contributed by atoms with Gasteiger partial charge < -0.3 is 4.98 Å². The summed E-state index contributed by atoms with van der Waals surface area (Å²) in [7, 11) is 0. The molecule has 0 saturated heterocycles. The van der Waals surface area contributed by atoms with E-state index >= 15 is 0 Å². The van der Waals surface area contributed by atoms with E-state index in [-0.39, 0.29) is 0 Å². The molecule has 6 aromatic rings. The van der Waals surface area contributed by atoms with Crippen LogP contribution in [0.15, 0.2) is 109 Å². The van der Waals surface area contributed by atoms with Gasteiger partial charge in [-0.1, -0.05) is 97.1 Å². The molecule has 1 heteroatoms. The van der Waals surface area contributed by atoms with Crippen LogP contribution in [0.25, 0.3) is 54.8 Å². The molecule has 0 unspecified atom stereocenters. The third-order valence-electron chi connectivity index (χ3n) is 5.82. The van der Waals surface area contributed by atoms with E-state index in [1.165, 1.54) is 54.8 Å². The van der Waals surface area contributed by atoms with Crippen molar-refractivity contribution in [1.29, 1.82) is 0 Å². The maximum absolute atomic E-state index is 3.62. The van der Waals surface area contributed by atoms with Gasteiger partial charge in [0.15, 0.2) is 0 Å². The Morgan fingerprint density at radius 3 is 1.97 bits per heavy atom. The number of hydrogen-bond acceptors (Lipinski definition) is 0. The Kier molecular flexibility index (Phi) is 3.54. The van der Waals surface area contributed by atoms with E-state index < -0.39 is 0 Å². The first-order valence-corrected chi connectivity index (χ1v) is 9.96. The largest absolute Gasteiger partial charge is 0.354 e. The lowest BCUT2D eigenvalue weighted by Gasteiger charge is -2.08. The summed E-state index contributed by atoms with van der Waals surface area (Å²) in [6.07, 6.45) is 0. The van der Waals surface area contributed by atoms with Gasteiger partial charge in [-0.3, -0.25) is 0 Å². The average molecular weight is 369 g/mol. The van der Waals surface area contributed by atoms with Crippen molar-refractivity contribution < 1.29 is 0 Å². The Morgan fingerprint density at radius 1 is 0.414 bits per heavy atom. The maximum Gasteiger partial charge on any atom is 0.0471 e. The van der Waals surface area contributed by atoms with Crippen LogP contribution in [-0.4, -0.2) is 4.98 Å². The van der Waals surface area contributed by atoms with Gasteiger partial charge in [0, 0.05) is 21.8 Å². The number of hydrogen-bond donors (Lipinski definition) is 1. The summed E-state index contributed by atoms with van der Waals surface area (Å²) in [6.45, 7) is 0. The van der Waals surface area contributed by atoms with Gasteiger partial charge in [0.2, 0.25) is 0 Å². The van der Waals surface area contributed by atoms with Crippen LogP contribution in [0.3, 0.4) is 0 Å². The minimum absolute atomic E-state index is 1.18. The Balaban J connectivity index is 1.61. The first-order chi connectivity index (χ1) is 14.4. The second kappa shape index (κ2) is 6.35. The van der Waals surface area contributed by atoms with E-state index in [9.17, 15) is 0 Å². The monoisotopic (exact) mass is 369 g/mol. The normalized spacial score (nSPS) is 11.4. The molecular weight excluding hydrogens is 350 g/mol. The Hall–Kier alpha value is -3.84. The summed E-state index contributed by atoms with van der Waals surface area (Å²) in [5.41, 5.74) is 7.36. The molecule has 0 amide bonds. The standard InChI is InChI=1S/C28H19N/c1-2-7-19(8-3-1)20-13-15-22(16-14-20)24-11-6-12-25-27(24)28-23-10-5-4-9-21(23)17-18-26(28)29-25/h1-18,29H. The van der Waals surface area contributed by atoms with Gasteiger partial charge in [-0.05, 0) is 45.2 Å². The topological polar surface area (TPSA) is 15.8 Å². The molecular formula is C28H19N. The van der Waals surface area contributed by atoms with Crippen molar-refractivity contribution in [2.75, 3.05) is 0 Å². The maximum atomic E-state index is 3.62. The second-order valence-electron chi connectivity index (χ2n) is 7.51. The van der Waals surface area contributed by atoms with Crippen molar-refractivity contribution >= 4 is 32.6 Å². The van der Waals surface area contributed by atoms with Crippen LogP contribution >= 0.6 is 0 Å². The highest BCUT2D eigenvalue weighted by Crippen LogP contribution is 2.38. The average Bonchev–Trinajstić information content (AvgIpc) is 3.19. The third-order valence-corrected chi connectivity index (χ3v) is 5.82. The summed E-state index contributed by atoms with van der Waals surface area (Å²) < 4.78 is 0. The fraction of sp³-hybridized carbons (Fsp3) is 0. The quantitative estimate of drug-likeness (QED) is 0.320. The zero-order valence-corrected chi connectivity index (χ0v) is 15.9. The summed E-state index contributed by atoms with van der Waals surface area (Å²) in [5.74, 6) is 0. The highest BCUT2D eigenvalue weighted by atomic mass is 14.7. The number of rotatable bonds is 2. The number of H-pyrrole nitrogens is 1. The van der Waals surface area contributed by atoms with Gasteiger partial charge in [0.25, 0.3) is 0 Å². The SMILES string of the molecule is c1ccc(-c2ccc(-c3cccc4[nH]c5ccc6ccccc6c5c34)cc2)cc1. The van der Waals surface area contributed by atoms with Crippen molar-refractivity contribution in [2.45, 2.75) is 0 Å². The minimum atomic E-state index is 1.18. The predicted octanol–water partition coefficient (Wildman–Crippen LogP) is 7.81. The van der Waals surface area contributed by atoms with Crippen LogP contribution < -0.4 is 0 Å². The number of aromatic nitrogens is 1. The van der Waals surface area contributed by atoms with E-state index in [4.69, 9.17) is 0 Å². The van der Waals surface area contributed by atoms with Gasteiger partial charge in [-0.2, -0.15) is 0 Å². The molecule has 6 rings (SSSR count). The van der Waals surface area contributed by atoms with E-state index in [1.54, 1.807) is 0 Å². The first kappa shape index (κ1) is 16.1. The second-order valence-corrected chi connectivity index (χ2v) is 7.51. The molecule has 0 spiro atoms. The minimum Gasteiger partial charge on any atom is -0.354 e. The van der Waals surface area contributed by atoms with Gasteiger partial charge in [0.05, 0.1) is 0 Å². The van der Waals surface area contributed by atoms with Crippen molar-refractivity contribution in [3.63, 3.8) is 0 Å². The molecule has 0 fully saturated rings. The lowest BCUT2D eigenvalue weighted by atomic mass is 9.95. The van der Waals surface area contributed by atoms with E-state index in [0.29, 0.717) is 0 Å². The van der Waals surface area contributed by atoms with Crippen LogP contribution in [0.1, 0.15) is 0 Å². The summed E-state index contributed by atoms with van der Waals surface area (Å²) in [5, 5.41) is 5.17. The van der Waals surface area contributed by atoms with Crippen molar-refractivity contribution in [1.82, 2.24) is 4.98 Å². The van der Waals surface area contributed by atoms with Gasteiger partial charge in [0.1, 0.15) is 0 Å². The smallest absolute Gasteiger partial charge is 0.0471 e. The number of fused-ring (bicyclic) bond motifs is 5. The Bertz CT molecular complexity index is 1470. The van der Waals surface area contributed by atoms with Gasteiger partial charge in [-0.15, -0.1) is 0 Å². The van der Waals surface area contributed by atoms with E-state index in [2.05, 4.69) is 114 Å². The Morgan fingerprint density at radius 2 is 1.10 bits per heavy atom. The molecule has 29 heavy (non-hydrogen) atoms. The zero-order chi connectivity index (χ0) is 19.2. The fourth-order valence-corrected chi connectivity index (χ4v) is 4.43. The van der Waals surface area contributed by atoms with Crippen molar-refractivity contribution in [3.05, 3.63) is 109 Å². The molecule has 5 aromatic carbocycles. The molecule has 0 bridgehead atoms. The first-order valence-electron chi connectivity index (χ1n) is 9.96. The summed E-state index contributed by atoms with van der Waals surface area (Å²) in [6, 6.07) is 39.0. The van der Waals surface area contributed by atoms with Crippen molar-refractivity contribution in [3.8, 4) is 22.3 Å². The molecule has 0 radical (unpaired) electrons. The zero-order valence-electron chi connectivity index (χ0n) is 15.9. The summed E-state index contributed by atoms with van der Waals surface area (Å²) >= 11 is 0. The van der Waals surface area contributed by atoms with E-state index in [0.717, 1.165) is 0 Å². The molecule has 1 nitrogen and oxygen atoms in total. The highest BCUT2D eigenvalue weighted by Gasteiger charge is 2.13. The van der Waals surface area contributed by atoms with Crippen LogP contribution in [0.2, 0.25) is 0 Å². The van der Waals surface area contributed by atoms with Crippen LogP contribution in [0, 0.1) is 0 Å². The molecule has 0 aliphatic rings. The molecule has 0 aliphatic heterocycles. The van der Waals surface area contributed by atoms with Crippen molar-refractivity contribution in [2.24, 2.45) is 0 Å². The fourth-order valence-electron chi connectivity index (χ4n) is 4.43. The third kappa shape index (κ3) is 2.55. The molecule has 136 valence electrons. The molecule has 1 heterocycles. The predicted molar refractivity (Wildman–Crippen MR) is 124 cm³/mol. The van der Waals surface area contributed by atoms with E-state index in [1.807, 2.05) is 0 Å². The van der Waals surface area contributed by atoms with Crippen LogP contribution in [0.5, 0.6) is 0 Å². The van der Waals surface area contributed by atoms with Gasteiger partial charge in [-0.25, -0.2) is 0 Å². The van der Waals surface area contributed by atoms with Crippen LogP contribution in [0.4, 0.5) is 0 Å². The highest BCUT2D eigenvalue weighted by molar-refractivity contribution is 6.23. The lowest BCUT2D eigenvalue weighted by Crippen LogP contribution is -1.82. The number of nitrogens with one attached hydrogen (secondary N) is 1.